The summed E-state index contributed by atoms with van der Waals surface area (Å²) in [4.78, 5) is 2.63. The van der Waals surface area contributed by atoms with Crippen LogP contribution in [0.2, 0.25) is 0 Å². The second kappa shape index (κ2) is 6.67. The molecule has 0 aromatic heterocycles. The highest BCUT2D eigenvalue weighted by molar-refractivity contribution is 5.45. The fourth-order valence-corrected chi connectivity index (χ4v) is 3.70. The third kappa shape index (κ3) is 3.01. The highest BCUT2D eigenvalue weighted by Gasteiger charge is 2.30. The van der Waals surface area contributed by atoms with Gasteiger partial charge in [0.05, 0.1) is 0 Å². The molecule has 1 saturated heterocycles. The molecule has 2 atom stereocenters. The van der Waals surface area contributed by atoms with E-state index in [4.69, 9.17) is 15.2 Å². The smallest absolute Gasteiger partial charge is 0.231 e. The van der Waals surface area contributed by atoms with Crippen molar-refractivity contribution >= 4 is 0 Å². The molecule has 116 valence electrons. The van der Waals surface area contributed by atoms with Crippen LogP contribution in [-0.4, -0.2) is 37.4 Å². The van der Waals surface area contributed by atoms with Gasteiger partial charge in [0.25, 0.3) is 0 Å². The molecule has 2 heterocycles. The molecule has 2 aliphatic heterocycles. The summed E-state index contributed by atoms with van der Waals surface area (Å²) in [5.41, 5.74) is 7.43. The van der Waals surface area contributed by atoms with Crippen molar-refractivity contribution in [3.63, 3.8) is 0 Å². The lowest BCUT2D eigenvalue weighted by Crippen LogP contribution is -2.45. The van der Waals surface area contributed by atoms with E-state index in [0.717, 1.165) is 11.5 Å². The summed E-state index contributed by atoms with van der Waals surface area (Å²) in [5, 5.41) is 0. The number of nitrogens with two attached hydrogens (primary N) is 1. The summed E-state index contributed by atoms with van der Waals surface area (Å²) in [6.07, 6.45) is 5.08. The summed E-state index contributed by atoms with van der Waals surface area (Å²) < 4.78 is 10.9. The van der Waals surface area contributed by atoms with Crippen molar-refractivity contribution in [2.24, 2.45) is 5.73 Å². The van der Waals surface area contributed by atoms with Crippen LogP contribution < -0.4 is 15.2 Å². The summed E-state index contributed by atoms with van der Waals surface area (Å²) in [6.45, 7) is 5.65. The minimum atomic E-state index is 0.331. The molecular formula is C17H26N2O2. The maximum atomic E-state index is 6.14. The molecule has 0 spiro atoms. The third-order valence-electron chi connectivity index (χ3n) is 4.72. The molecule has 0 aliphatic carbocycles. The van der Waals surface area contributed by atoms with E-state index in [1.54, 1.807) is 0 Å². The number of hydrogen-bond acceptors (Lipinski definition) is 4. The van der Waals surface area contributed by atoms with Crippen molar-refractivity contribution in [2.45, 2.75) is 44.6 Å². The monoisotopic (exact) mass is 290 g/mol. The Labute approximate surface area is 127 Å². The predicted octanol–water partition coefficient (Wildman–Crippen LogP) is 2.72. The number of piperidine rings is 1. The third-order valence-corrected chi connectivity index (χ3v) is 4.72. The second-order valence-corrected chi connectivity index (χ2v) is 6.05. The molecular weight excluding hydrogens is 264 g/mol. The number of nitrogens with zero attached hydrogens (tertiary/aromatic N) is 1. The first-order chi connectivity index (χ1) is 10.3. The lowest BCUT2D eigenvalue weighted by molar-refractivity contribution is 0.127. The van der Waals surface area contributed by atoms with Crippen molar-refractivity contribution in [2.75, 3.05) is 26.4 Å². The SMILES string of the molecule is CCCN1CCCCC1C(CN)c1ccc2c(c1)OCO2. The van der Waals surface area contributed by atoms with Crippen molar-refractivity contribution in [1.82, 2.24) is 4.90 Å². The summed E-state index contributed by atoms with van der Waals surface area (Å²) in [6, 6.07) is 6.86. The number of rotatable bonds is 5. The van der Waals surface area contributed by atoms with E-state index < -0.39 is 0 Å². The molecule has 0 amide bonds. The van der Waals surface area contributed by atoms with E-state index in [1.807, 2.05) is 6.07 Å². The van der Waals surface area contributed by atoms with Gasteiger partial charge in [-0.2, -0.15) is 0 Å². The number of hydrogen-bond donors (Lipinski definition) is 1. The maximum Gasteiger partial charge on any atom is 0.231 e. The topological polar surface area (TPSA) is 47.7 Å². The zero-order chi connectivity index (χ0) is 14.7. The second-order valence-electron chi connectivity index (χ2n) is 6.05. The molecule has 3 rings (SSSR count). The number of benzene rings is 1. The van der Waals surface area contributed by atoms with Crippen LogP contribution >= 0.6 is 0 Å². The van der Waals surface area contributed by atoms with E-state index in [9.17, 15) is 0 Å². The molecule has 0 saturated carbocycles. The highest BCUT2D eigenvalue weighted by Crippen LogP contribution is 2.37. The van der Waals surface area contributed by atoms with Gasteiger partial charge < -0.3 is 15.2 Å². The van der Waals surface area contributed by atoms with Gasteiger partial charge in [-0.15, -0.1) is 0 Å². The molecule has 21 heavy (non-hydrogen) atoms. The van der Waals surface area contributed by atoms with Gasteiger partial charge in [0.15, 0.2) is 11.5 Å². The minimum absolute atomic E-state index is 0.331. The molecule has 4 nitrogen and oxygen atoms in total. The van der Waals surface area contributed by atoms with Gasteiger partial charge in [-0.25, -0.2) is 0 Å². The van der Waals surface area contributed by atoms with Gasteiger partial charge in [-0.3, -0.25) is 4.90 Å². The molecule has 1 fully saturated rings. The Balaban J connectivity index is 1.82. The van der Waals surface area contributed by atoms with Crippen LogP contribution in [0.3, 0.4) is 0 Å². The maximum absolute atomic E-state index is 6.14. The first-order valence-electron chi connectivity index (χ1n) is 8.17. The van der Waals surface area contributed by atoms with Gasteiger partial charge in [0.1, 0.15) is 0 Å². The Kier molecular flexibility index (Phi) is 4.66. The molecule has 2 aliphatic rings. The quantitative estimate of drug-likeness (QED) is 0.906. The van der Waals surface area contributed by atoms with E-state index in [-0.39, 0.29) is 0 Å². The molecule has 1 aromatic carbocycles. The zero-order valence-electron chi connectivity index (χ0n) is 12.9. The first kappa shape index (κ1) is 14.7. The highest BCUT2D eigenvalue weighted by atomic mass is 16.7. The van der Waals surface area contributed by atoms with Gasteiger partial charge in [0.2, 0.25) is 6.79 Å². The van der Waals surface area contributed by atoms with Crippen LogP contribution in [0, 0.1) is 0 Å². The van der Waals surface area contributed by atoms with Crippen molar-refractivity contribution in [3.8, 4) is 11.5 Å². The summed E-state index contributed by atoms with van der Waals surface area (Å²) in [7, 11) is 0. The molecule has 0 radical (unpaired) electrons. The van der Waals surface area contributed by atoms with Crippen LogP contribution in [0.15, 0.2) is 18.2 Å². The molecule has 1 aromatic rings. The standard InChI is InChI=1S/C17H26N2O2/c1-2-8-19-9-4-3-5-15(19)14(11-18)13-6-7-16-17(10-13)21-12-20-16/h6-7,10,14-15H,2-5,8-9,11-12,18H2,1H3. The van der Waals surface area contributed by atoms with Crippen LogP contribution in [0.25, 0.3) is 0 Å². The Hall–Kier alpha value is -1.26. The van der Waals surface area contributed by atoms with Crippen LogP contribution in [0.5, 0.6) is 11.5 Å². The summed E-state index contributed by atoms with van der Waals surface area (Å²) >= 11 is 0. The van der Waals surface area contributed by atoms with Gasteiger partial charge >= 0.3 is 0 Å². The average molecular weight is 290 g/mol. The average Bonchev–Trinajstić information content (AvgIpc) is 2.98. The normalized spacial score (nSPS) is 23.2. The van der Waals surface area contributed by atoms with E-state index in [0.29, 0.717) is 25.3 Å². The van der Waals surface area contributed by atoms with Gasteiger partial charge in [-0.05, 0) is 50.0 Å². The molecule has 2 N–H and O–H groups in total. The van der Waals surface area contributed by atoms with Gasteiger partial charge in [0, 0.05) is 18.5 Å². The van der Waals surface area contributed by atoms with Crippen LogP contribution in [-0.2, 0) is 0 Å². The Morgan fingerprint density at radius 3 is 2.95 bits per heavy atom. The molecule has 0 bridgehead atoms. The van der Waals surface area contributed by atoms with Crippen molar-refractivity contribution in [3.05, 3.63) is 23.8 Å². The minimum Gasteiger partial charge on any atom is -0.454 e. The number of ether oxygens (including phenoxy) is 2. The lowest BCUT2D eigenvalue weighted by Gasteiger charge is -2.40. The molecule has 4 heteroatoms. The fraction of sp³-hybridized carbons (Fsp3) is 0.647. The Bertz CT molecular complexity index is 476. The number of likely N-dealkylation sites (tertiary alicyclic amines) is 1. The fourth-order valence-electron chi connectivity index (χ4n) is 3.70. The Morgan fingerprint density at radius 2 is 2.14 bits per heavy atom. The van der Waals surface area contributed by atoms with Crippen LogP contribution in [0.1, 0.15) is 44.1 Å². The largest absolute Gasteiger partial charge is 0.454 e. The molecule has 2 unspecified atom stereocenters. The van der Waals surface area contributed by atoms with E-state index in [1.165, 1.54) is 44.3 Å². The van der Waals surface area contributed by atoms with Crippen molar-refractivity contribution in [1.29, 1.82) is 0 Å². The van der Waals surface area contributed by atoms with Crippen molar-refractivity contribution < 1.29 is 9.47 Å². The van der Waals surface area contributed by atoms with E-state index >= 15 is 0 Å². The number of fused-ring (bicyclic) bond motifs is 1. The van der Waals surface area contributed by atoms with Gasteiger partial charge in [-0.1, -0.05) is 19.4 Å². The predicted molar refractivity (Wildman–Crippen MR) is 83.9 cm³/mol. The van der Waals surface area contributed by atoms with E-state index in [2.05, 4.69) is 24.0 Å². The first-order valence-corrected chi connectivity index (χ1v) is 8.17. The Morgan fingerprint density at radius 1 is 1.29 bits per heavy atom. The zero-order valence-corrected chi connectivity index (χ0v) is 12.9. The lowest BCUT2D eigenvalue weighted by atomic mass is 9.85. The van der Waals surface area contributed by atoms with Crippen LogP contribution in [0.4, 0.5) is 0 Å². The summed E-state index contributed by atoms with van der Waals surface area (Å²) in [5.74, 6) is 2.10.